The molecule has 5 nitrogen and oxygen atoms in total. The van der Waals surface area contributed by atoms with Gasteiger partial charge in [0.1, 0.15) is 12.4 Å². The number of benzene rings is 1. The van der Waals surface area contributed by atoms with Gasteiger partial charge in [0.25, 0.3) is 0 Å². The van der Waals surface area contributed by atoms with Crippen LogP contribution < -0.4 is 10.1 Å². The Balaban J connectivity index is 2.32. The van der Waals surface area contributed by atoms with Gasteiger partial charge in [0.2, 0.25) is 0 Å². The van der Waals surface area contributed by atoms with E-state index in [0.29, 0.717) is 19.6 Å². The Morgan fingerprint density at radius 2 is 2.14 bits per heavy atom. The standard InChI is InChI=1S/C16H26N2O3/c1-12-6-5-7-15(10-12)21-11-13(2)17-16(20)18(4)9-8-14(3)19/h5-7,10,13-14,19H,8-9,11H2,1-4H3,(H,17,20). The molecule has 0 aliphatic rings. The molecular weight excluding hydrogens is 268 g/mol. The highest BCUT2D eigenvalue weighted by Crippen LogP contribution is 2.12. The lowest BCUT2D eigenvalue weighted by Crippen LogP contribution is -2.44. The highest BCUT2D eigenvalue weighted by molar-refractivity contribution is 5.74. The van der Waals surface area contributed by atoms with Gasteiger partial charge >= 0.3 is 6.03 Å². The summed E-state index contributed by atoms with van der Waals surface area (Å²) in [6.07, 6.45) is 0.167. The molecule has 0 aromatic heterocycles. The van der Waals surface area contributed by atoms with Gasteiger partial charge in [-0.15, -0.1) is 0 Å². The molecule has 0 aliphatic heterocycles. The molecule has 2 N–H and O–H groups in total. The number of hydrogen-bond acceptors (Lipinski definition) is 3. The number of carbonyl (C=O) groups is 1. The molecule has 5 heteroatoms. The number of rotatable bonds is 7. The molecule has 21 heavy (non-hydrogen) atoms. The van der Waals surface area contributed by atoms with Crippen molar-refractivity contribution in [3.05, 3.63) is 29.8 Å². The molecular formula is C16H26N2O3. The minimum absolute atomic E-state index is 0.0907. The Morgan fingerprint density at radius 3 is 2.76 bits per heavy atom. The molecule has 1 aromatic carbocycles. The SMILES string of the molecule is Cc1cccc(OCC(C)NC(=O)N(C)CCC(C)O)c1. The van der Waals surface area contributed by atoms with Crippen LogP contribution in [0.25, 0.3) is 0 Å². The van der Waals surface area contributed by atoms with Crippen molar-refractivity contribution in [1.29, 1.82) is 0 Å². The number of urea groups is 1. The van der Waals surface area contributed by atoms with Crippen LogP contribution in [0.4, 0.5) is 4.79 Å². The first-order chi connectivity index (χ1) is 9.88. The second kappa shape index (κ2) is 8.52. The second-order valence-corrected chi connectivity index (χ2v) is 5.54. The number of nitrogens with one attached hydrogen (secondary N) is 1. The Labute approximate surface area is 126 Å². The van der Waals surface area contributed by atoms with E-state index < -0.39 is 6.10 Å². The lowest BCUT2D eigenvalue weighted by atomic mass is 10.2. The molecule has 0 spiro atoms. The molecule has 2 atom stereocenters. The summed E-state index contributed by atoms with van der Waals surface area (Å²) in [5, 5.41) is 12.1. The number of nitrogens with zero attached hydrogens (tertiary/aromatic N) is 1. The number of aliphatic hydroxyl groups excluding tert-OH is 1. The lowest BCUT2D eigenvalue weighted by molar-refractivity contribution is 0.160. The lowest BCUT2D eigenvalue weighted by Gasteiger charge is -2.22. The maximum absolute atomic E-state index is 11.9. The van der Waals surface area contributed by atoms with Crippen molar-refractivity contribution in [3.63, 3.8) is 0 Å². The summed E-state index contributed by atoms with van der Waals surface area (Å²) in [5.41, 5.74) is 1.14. The monoisotopic (exact) mass is 294 g/mol. The van der Waals surface area contributed by atoms with E-state index in [1.165, 1.54) is 0 Å². The molecule has 0 saturated carbocycles. The Kier molecular flexibility index (Phi) is 7.02. The molecule has 1 rings (SSSR count). The number of carbonyl (C=O) groups excluding carboxylic acids is 1. The van der Waals surface area contributed by atoms with E-state index in [4.69, 9.17) is 4.74 Å². The van der Waals surface area contributed by atoms with Crippen molar-refractivity contribution in [1.82, 2.24) is 10.2 Å². The predicted octanol–water partition coefficient (Wildman–Crippen LogP) is 2.17. The molecule has 1 aromatic rings. The zero-order chi connectivity index (χ0) is 15.8. The third kappa shape index (κ3) is 6.99. The minimum atomic E-state index is -0.401. The van der Waals surface area contributed by atoms with Crippen molar-refractivity contribution < 1.29 is 14.6 Å². The first-order valence-electron chi connectivity index (χ1n) is 7.27. The summed E-state index contributed by atoms with van der Waals surface area (Å²) in [4.78, 5) is 13.5. The summed E-state index contributed by atoms with van der Waals surface area (Å²) < 4.78 is 5.65. The number of amides is 2. The summed E-state index contributed by atoms with van der Waals surface area (Å²) in [7, 11) is 1.71. The van der Waals surface area contributed by atoms with Gasteiger partial charge in [-0.3, -0.25) is 0 Å². The molecule has 0 heterocycles. The van der Waals surface area contributed by atoms with E-state index >= 15 is 0 Å². The molecule has 0 bridgehead atoms. The van der Waals surface area contributed by atoms with Crippen LogP contribution in [0, 0.1) is 6.92 Å². The van der Waals surface area contributed by atoms with Crippen LogP contribution in [0.2, 0.25) is 0 Å². The zero-order valence-electron chi connectivity index (χ0n) is 13.3. The molecule has 0 fully saturated rings. The van der Waals surface area contributed by atoms with E-state index in [-0.39, 0.29) is 12.1 Å². The second-order valence-electron chi connectivity index (χ2n) is 5.54. The van der Waals surface area contributed by atoms with Crippen LogP contribution in [-0.2, 0) is 0 Å². The van der Waals surface area contributed by atoms with E-state index in [0.717, 1.165) is 11.3 Å². The third-order valence-electron chi connectivity index (χ3n) is 3.09. The van der Waals surface area contributed by atoms with Crippen molar-refractivity contribution in [2.75, 3.05) is 20.2 Å². The smallest absolute Gasteiger partial charge is 0.317 e. The summed E-state index contributed by atoms with van der Waals surface area (Å²) >= 11 is 0. The minimum Gasteiger partial charge on any atom is -0.491 e. The zero-order valence-corrected chi connectivity index (χ0v) is 13.3. The van der Waals surface area contributed by atoms with Crippen molar-refractivity contribution in [2.24, 2.45) is 0 Å². The maximum Gasteiger partial charge on any atom is 0.317 e. The normalized spacial score (nSPS) is 13.4. The van der Waals surface area contributed by atoms with Crippen LogP contribution in [0.1, 0.15) is 25.8 Å². The first-order valence-corrected chi connectivity index (χ1v) is 7.27. The average Bonchev–Trinajstić information content (AvgIpc) is 2.42. The fourth-order valence-corrected chi connectivity index (χ4v) is 1.77. The molecule has 0 aliphatic carbocycles. The van der Waals surface area contributed by atoms with Gasteiger partial charge in [0.15, 0.2) is 0 Å². The number of hydrogen-bond donors (Lipinski definition) is 2. The molecule has 2 amide bonds. The molecule has 0 radical (unpaired) electrons. The highest BCUT2D eigenvalue weighted by atomic mass is 16.5. The number of aryl methyl sites for hydroxylation is 1. The van der Waals surface area contributed by atoms with Crippen LogP contribution in [0.15, 0.2) is 24.3 Å². The van der Waals surface area contributed by atoms with Gasteiger partial charge in [-0.05, 0) is 44.9 Å². The van der Waals surface area contributed by atoms with Gasteiger partial charge < -0.3 is 20.1 Å². The Morgan fingerprint density at radius 1 is 1.43 bits per heavy atom. The van der Waals surface area contributed by atoms with Crippen LogP contribution in [0.3, 0.4) is 0 Å². The van der Waals surface area contributed by atoms with Crippen molar-refractivity contribution >= 4 is 6.03 Å². The van der Waals surface area contributed by atoms with Gasteiger partial charge in [-0.1, -0.05) is 12.1 Å². The topological polar surface area (TPSA) is 61.8 Å². The van der Waals surface area contributed by atoms with Gasteiger partial charge in [-0.25, -0.2) is 4.79 Å². The van der Waals surface area contributed by atoms with E-state index in [1.807, 2.05) is 38.1 Å². The largest absolute Gasteiger partial charge is 0.491 e. The van der Waals surface area contributed by atoms with Crippen molar-refractivity contribution in [3.8, 4) is 5.75 Å². The summed E-state index contributed by atoms with van der Waals surface area (Å²) in [5.74, 6) is 0.804. The number of ether oxygens (including phenoxy) is 1. The summed E-state index contributed by atoms with van der Waals surface area (Å²) in [6, 6.07) is 7.56. The molecule has 0 saturated heterocycles. The van der Waals surface area contributed by atoms with Crippen LogP contribution in [-0.4, -0.2) is 48.4 Å². The fourth-order valence-electron chi connectivity index (χ4n) is 1.77. The van der Waals surface area contributed by atoms with E-state index in [2.05, 4.69) is 5.32 Å². The number of aliphatic hydroxyl groups is 1. The Bertz CT molecular complexity index is 449. The van der Waals surface area contributed by atoms with E-state index in [9.17, 15) is 9.90 Å². The van der Waals surface area contributed by atoms with Crippen LogP contribution in [0.5, 0.6) is 5.75 Å². The predicted molar refractivity (Wildman–Crippen MR) is 83.6 cm³/mol. The average molecular weight is 294 g/mol. The Hall–Kier alpha value is -1.75. The van der Waals surface area contributed by atoms with Gasteiger partial charge in [0.05, 0.1) is 12.1 Å². The fraction of sp³-hybridized carbons (Fsp3) is 0.562. The molecule has 118 valence electrons. The quantitative estimate of drug-likeness (QED) is 0.810. The summed E-state index contributed by atoms with van der Waals surface area (Å²) in [6.45, 7) is 6.56. The van der Waals surface area contributed by atoms with Crippen molar-refractivity contribution in [2.45, 2.75) is 39.3 Å². The molecule has 2 unspecified atom stereocenters. The van der Waals surface area contributed by atoms with Gasteiger partial charge in [-0.2, -0.15) is 0 Å². The first kappa shape index (κ1) is 17.3. The van der Waals surface area contributed by atoms with Gasteiger partial charge in [0, 0.05) is 13.6 Å². The van der Waals surface area contributed by atoms with Crippen LogP contribution >= 0.6 is 0 Å². The third-order valence-corrected chi connectivity index (χ3v) is 3.09. The van der Waals surface area contributed by atoms with E-state index in [1.54, 1.807) is 18.9 Å². The maximum atomic E-state index is 11.9. The highest BCUT2D eigenvalue weighted by Gasteiger charge is 2.12.